The second-order valence-electron chi connectivity index (χ2n) is 9.28. The molecule has 2 aliphatic rings. The average molecular weight is 395 g/mol. The number of benzene rings is 1. The SMILES string of the molecule is CC(C)n1cc(CN2CCC3(CC2)CC(=O)N(CCCc2ccccc2)C3)cn1. The van der Waals surface area contributed by atoms with E-state index in [2.05, 4.69) is 65.3 Å². The molecule has 3 heterocycles. The zero-order valence-electron chi connectivity index (χ0n) is 17.9. The van der Waals surface area contributed by atoms with Crippen LogP contribution in [0.3, 0.4) is 0 Å². The third kappa shape index (κ3) is 4.89. The van der Waals surface area contributed by atoms with Gasteiger partial charge in [0.25, 0.3) is 0 Å². The molecule has 1 amide bonds. The molecule has 2 saturated heterocycles. The van der Waals surface area contributed by atoms with Crippen molar-refractivity contribution in [3.63, 3.8) is 0 Å². The van der Waals surface area contributed by atoms with Gasteiger partial charge in [0.1, 0.15) is 0 Å². The molecule has 0 N–H and O–H groups in total. The smallest absolute Gasteiger partial charge is 0.223 e. The van der Waals surface area contributed by atoms with Crippen molar-refractivity contribution in [3.05, 3.63) is 53.9 Å². The molecule has 2 aromatic rings. The Labute approximate surface area is 174 Å². The molecule has 4 rings (SSSR count). The Morgan fingerprint density at radius 2 is 1.86 bits per heavy atom. The van der Waals surface area contributed by atoms with Gasteiger partial charge in [-0.25, -0.2) is 0 Å². The molecule has 2 aliphatic heterocycles. The van der Waals surface area contributed by atoms with E-state index in [1.54, 1.807) is 0 Å². The van der Waals surface area contributed by atoms with Gasteiger partial charge in [0.15, 0.2) is 0 Å². The van der Waals surface area contributed by atoms with Gasteiger partial charge in [-0.2, -0.15) is 5.10 Å². The van der Waals surface area contributed by atoms with E-state index in [4.69, 9.17) is 0 Å². The fraction of sp³-hybridized carbons (Fsp3) is 0.583. The molecule has 5 heteroatoms. The van der Waals surface area contributed by atoms with Crippen LogP contribution in [-0.4, -0.2) is 51.7 Å². The van der Waals surface area contributed by atoms with Crippen LogP contribution in [-0.2, 0) is 17.8 Å². The third-order valence-electron chi connectivity index (χ3n) is 6.65. The summed E-state index contributed by atoms with van der Waals surface area (Å²) in [5.74, 6) is 0.365. The van der Waals surface area contributed by atoms with Crippen LogP contribution in [0.1, 0.15) is 56.7 Å². The summed E-state index contributed by atoms with van der Waals surface area (Å²) in [4.78, 5) is 17.3. The van der Waals surface area contributed by atoms with Crippen LogP contribution < -0.4 is 0 Å². The van der Waals surface area contributed by atoms with Gasteiger partial charge in [-0.05, 0) is 63.6 Å². The van der Waals surface area contributed by atoms with Gasteiger partial charge < -0.3 is 4.90 Å². The van der Waals surface area contributed by atoms with Gasteiger partial charge in [-0.1, -0.05) is 30.3 Å². The Hall–Kier alpha value is -2.14. The maximum Gasteiger partial charge on any atom is 0.223 e. The molecule has 2 fully saturated rings. The Kier molecular flexibility index (Phi) is 6.04. The first-order valence-corrected chi connectivity index (χ1v) is 11.1. The predicted octanol–water partition coefficient (Wildman–Crippen LogP) is 3.91. The lowest BCUT2D eigenvalue weighted by atomic mass is 9.77. The van der Waals surface area contributed by atoms with Gasteiger partial charge in [-0.3, -0.25) is 14.4 Å². The molecule has 0 unspecified atom stereocenters. The molecular formula is C24H34N4O. The number of piperidine rings is 1. The van der Waals surface area contributed by atoms with Crippen LogP contribution in [0.5, 0.6) is 0 Å². The highest BCUT2D eigenvalue weighted by Crippen LogP contribution is 2.41. The summed E-state index contributed by atoms with van der Waals surface area (Å²) in [6.07, 6.45) is 9.28. The molecule has 0 radical (unpaired) electrons. The van der Waals surface area contributed by atoms with Crippen molar-refractivity contribution in [3.8, 4) is 0 Å². The highest BCUT2D eigenvalue weighted by atomic mass is 16.2. The molecule has 0 aliphatic carbocycles. The van der Waals surface area contributed by atoms with Crippen molar-refractivity contribution in [2.24, 2.45) is 5.41 Å². The lowest BCUT2D eigenvalue weighted by Crippen LogP contribution is -2.41. The molecule has 1 aromatic carbocycles. The number of hydrogen-bond acceptors (Lipinski definition) is 3. The standard InChI is InChI=1S/C24H34N4O/c1-20(2)28-18-22(16-25-28)17-26-13-10-24(11-14-26)15-23(29)27(19-24)12-6-9-21-7-4-3-5-8-21/h3-5,7-8,16,18,20H,6,9-15,17,19H2,1-2H3. The van der Waals surface area contributed by atoms with E-state index in [1.165, 1.54) is 11.1 Å². The van der Waals surface area contributed by atoms with Crippen LogP contribution in [0, 0.1) is 5.41 Å². The second-order valence-corrected chi connectivity index (χ2v) is 9.28. The minimum absolute atomic E-state index is 0.211. The molecule has 0 bridgehead atoms. The third-order valence-corrected chi connectivity index (χ3v) is 6.65. The number of carbonyl (C=O) groups is 1. The molecule has 1 aromatic heterocycles. The quantitative estimate of drug-likeness (QED) is 0.715. The van der Waals surface area contributed by atoms with E-state index >= 15 is 0 Å². The summed E-state index contributed by atoms with van der Waals surface area (Å²) in [6.45, 7) is 9.30. The van der Waals surface area contributed by atoms with Gasteiger partial charge >= 0.3 is 0 Å². The Morgan fingerprint density at radius 1 is 1.10 bits per heavy atom. The molecule has 156 valence electrons. The first-order valence-electron chi connectivity index (χ1n) is 11.1. The summed E-state index contributed by atoms with van der Waals surface area (Å²) in [7, 11) is 0. The number of rotatable bonds is 7. The van der Waals surface area contributed by atoms with Crippen molar-refractivity contribution in [1.82, 2.24) is 19.6 Å². The lowest BCUT2D eigenvalue weighted by molar-refractivity contribution is -0.127. The predicted molar refractivity (Wildman–Crippen MR) is 116 cm³/mol. The lowest BCUT2D eigenvalue weighted by Gasteiger charge is -2.38. The van der Waals surface area contributed by atoms with E-state index in [1.807, 2.05) is 10.9 Å². The highest BCUT2D eigenvalue weighted by Gasteiger charge is 2.44. The van der Waals surface area contributed by atoms with Gasteiger partial charge in [0.2, 0.25) is 5.91 Å². The first-order chi connectivity index (χ1) is 14.0. The monoisotopic (exact) mass is 394 g/mol. The second kappa shape index (κ2) is 8.70. The number of nitrogens with zero attached hydrogens (tertiary/aromatic N) is 4. The van der Waals surface area contributed by atoms with Gasteiger partial charge in [-0.15, -0.1) is 0 Å². The van der Waals surface area contributed by atoms with E-state index < -0.39 is 0 Å². The number of amides is 1. The zero-order chi connectivity index (χ0) is 20.3. The summed E-state index contributed by atoms with van der Waals surface area (Å²) >= 11 is 0. The van der Waals surface area contributed by atoms with Crippen LogP contribution in [0.15, 0.2) is 42.7 Å². The fourth-order valence-electron chi connectivity index (χ4n) is 4.82. The van der Waals surface area contributed by atoms with Crippen molar-refractivity contribution in [1.29, 1.82) is 0 Å². The molecular weight excluding hydrogens is 360 g/mol. The minimum atomic E-state index is 0.211. The van der Waals surface area contributed by atoms with Crippen LogP contribution in [0.25, 0.3) is 0 Å². The number of aryl methyl sites for hydroxylation is 1. The Bertz CT molecular complexity index is 805. The maximum absolute atomic E-state index is 12.6. The summed E-state index contributed by atoms with van der Waals surface area (Å²) in [5, 5.41) is 4.46. The van der Waals surface area contributed by atoms with Gasteiger partial charge in [0.05, 0.1) is 6.20 Å². The summed E-state index contributed by atoms with van der Waals surface area (Å²) in [6, 6.07) is 11.0. The van der Waals surface area contributed by atoms with Crippen LogP contribution >= 0.6 is 0 Å². The van der Waals surface area contributed by atoms with Crippen molar-refractivity contribution in [2.75, 3.05) is 26.2 Å². The zero-order valence-corrected chi connectivity index (χ0v) is 17.9. The molecule has 29 heavy (non-hydrogen) atoms. The van der Waals surface area contributed by atoms with E-state index in [0.29, 0.717) is 11.9 Å². The highest BCUT2D eigenvalue weighted by molar-refractivity contribution is 5.79. The molecule has 5 nitrogen and oxygen atoms in total. The summed E-state index contributed by atoms with van der Waals surface area (Å²) in [5.41, 5.74) is 2.87. The van der Waals surface area contributed by atoms with E-state index in [0.717, 1.165) is 64.8 Å². The van der Waals surface area contributed by atoms with Crippen molar-refractivity contribution in [2.45, 2.75) is 58.5 Å². The topological polar surface area (TPSA) is 41.4 Å². The maximum atomic E-state index is 12.6. The number of likely N-dealkylation sites (tertiary alicyclic amines) is 2. The number of aromatic nitrogens is 2. The van der Waals surface area contributed by atoms with Crippen LogP contribution in [0.4, 0.5) is 0 Å². The first kappa shape index (κ1) is 20.1. The molecule has 0 atom stereocenters. The van der Waals surface area contributed by atoms with Gasteiger partial charge in [0, 0.05) is 43.9 Å². The van der Waals surface area contributed by atoms with E-state index in [-0.39, 0.29) is 5.41 Å². The Balaban J connectivity index is 1.24. The van der Waals surface area contributed by atoms with Crippen molar-refractivity contribution < 1.29 is 4.79 Å². The van der Waals surface area contributed by atoms with Crippen molar-refractivity contribution >= 4 is 5.91 Å². The fourth-order valence-corrected chi connectivity index (χ4v) is 4.82. The van der Waals surface area contributed by atoms with E-state index in [9.17, 15) is 4.79 Å². The number of hydrogen-bond donors (Lipinski definition) is 0. The summed E-state index contributed by atoms with van der Waals surface area (Å²) < 4.78 is 2.03. The number of carbonyl (C=O) groups excluding carboxylic acids is 1. The Morgan fingerprint density at radius 3 is 2.55 bits per heavy atom. The van der Waals surface area contributed by atoms with Crippen LogP contribution in [0.2, 0.25) is 0 Å². The molecule has 1 spiro atoms. The molecule has 0 saturated carbocycles. The minimum Gasteiger partial charge on any atom is -0.342 e. The largest absolute Gasteiger partial charge is 0.342 e. The normalized spacial score (nSPS) is 19.6. The average Bonchev–Trinajstić information content (AvgIpc) is 3.30.